The van der Waals surface area contributed by atoms with Gasteiger partial charge in [0.05, 0.1) is 5.02 Å². The maximum Gasteiger partial charge on any atom is 0.244 e. The Kier molecular flexibility index (Phi) is 5.09. The van der Waals surface area contributed by atoms with Crippen molar-refractivity contribution in [1.29, 1.82) is 0 Å². The van der Waals surface area contributed by atoms with Crippen molar-refractivity contribution in [3.63, 3.8) is 0 Å². The molecular weight excluding hydrogens is 350 g/mol. The minimum Gasteiger partial charge on any atom is -0.327 e. The van der Waals surface area contributed by atoms with E-state index in [1.807, 2.05) is 0 Å². The van der Waals surface area contributed by atoms with Crippen LogP contribution in [-0.4, -0.2) is 31.9 Å². The Balaban J connectivity index is 0.00000176. The minimum absolute atomic E-state index is 0. The van der Waals surface area contributed by atoms with Gasteiger partial charge >= 0.3 is 0 Å². The molecule has 2 aliphatic rings. The summed E-state index contributed by atoms with van der Waals surface area (Å²) in [4.78, 5) is -0.0170. The zero-order valence-corrected chi connectivity index (χ0v) is 14.5. The van der Waals surface area contributed by atoms with Crippen LogP contribution in [0.5, 0.6) is 0 Å². The highest BCUT2D eigenvalue weighted by Gasteiger charge is 2.45. The summed E-state index contributed by atoms with van der Waals surface area (Å²) in [5.41, 5.74) is 6.31. The van der Waals surface area contributed by atoms with E-state index in [0.717, 1.165) is 18.9 Å². The molecule has 0 spiro atoms. The van der Waals surface area contributed by atoms with Gasteiger partial charge < -0.3 is 5.73 Å². The minimum atomic E-state index is -3.69. The van der Waals surface area contributed by atoms with E-state index < -0.39 is 15.8 Å². The number of benzene rings is 1. The van der Waals surface area contributed by atoms with E-state index in [2.05, 4.69) is 0 Å². The lowest BCUT2D eigenvalue weighted by Crippen LogP contribution is -2.33. The molecule has 3 rings (SSSR count). The molecule has 3 unspecified atom stereocenters. The van der Waals surface area contributed by atoms with Crippen LogP contribution in [0.25, 0.3) is 0 Å². The fourth-order valence-corrected chi connectivity index (χ4v) is 5.54. The fraction of sp³-hybridized carbons (Fsp3) is 0.571. The van der Waals surface area contributed by atoms with Crippen molar-refractivity contribution in [1.82, 2.24) is 4.31 Å². The van der Waals surface area contributed by atoms with Crippen LogP contribution in [0, 0.1) is 24.6 Å². The maximum absolute atomic E-state index is 13.5. The second kappa shape index (κ2) is 6.24. The van der Waals surface area contributed by atoms with Gasteiger partial charge in [0.1, 0.15) is 10.7 Å². The Morgan fingerprint density at radius 1 is 1.32 bits per heavy atom. The first kappa shape index (κ1) is 17.9. The van der Waals surface area contributed by atoms with Crippen LogP contribution >= 0.6 is 24.0 Å². The summed E-state index contributed by atoms with van der Waals surface area (Å²) in [6, 6.07) is 2.44. The third-order valence-electron chi connectivity index (χ3n) is 4.71. The summed E-state index contributed by atoms with van der Waals surface area (Å²) in [5, 5.41) is -0.0699. The lowest BCUT2D eigenvalue weighted by atomic mass is 9.98. The average molecular weight is 369 g/mol. The number of rotatable bonds is 2. The molecule has 8 heteroatoms. The molecule has 4 nitrogen and oxygen atoms in total. The quantitative estimate of drug-likeness (QED) is 0.872. The van der Waals surface area contributed by atoms with Crippen molar-refractivity contribution < 1.29 is 12.8 Å². The van der Waals surface area contributed by atoms with E-state index >= 15 is 0 Å². The molecule has 0 aromatic heterocycles. The highest BCUT2D eigenvalue weighted by atomic mass is 35.5. The highest BCUT2D eigenvalue weighted by Crippen LogP contribution is 2.40. The molecule has 1 saturated carbocycles. The van der Waals surface area contributed by atoms with Crippen LogP contribution in [0.15, 0.2) is 17.0 Å². The van der Waals surface area contributed by atoms with Crippen LogP contribution in [0.2, 0.25) is 5.02 Å². The zero-order valence-electron chi connectivity index (χ0n) is 12.1. The number of nitrogens with two attached hydrogens (primary N) is 1. The van der Waals surface area contributed by atoms with Gasteiger partial charge in [0.15, 0.2) is 0 Å². The number of hydrogen-bond acceptors (Lipinski definition) is 3. The molecule has 0 bridgehead atoms. The molecule has 1 heterocycles. The van der Waals surface area contributed by atoms with Crippen LogP contribution in [-0.2, 0) is 10.0 Å². The molecule has 0 amide bonds. The Morgan fingerprint density at radius 3 is 2.64 bits per heavy atom. The molecule has 22 heavy (non-hydrogen) atoms. The summed E-state index contributed by atoms with van der Waals surface area (Å²) in [7, 11) is -3.69. The van der Waals surface area contributed by atoms with Crippen LogP contribution in [0.1, 0.15) is 18.4 Å². The predicted octanol–water partition coefficient (Wildman–Crippen LogP) is 2.57. The molecule has 1 aliphatic heterocycles. The molecule has 1 aromatic rings. The number of sulfonamides is 1. The van der Waals surface area contributed by atoms with Gasteiger partial charge in [0.25, 0.3) is 0 Å². The predicted molar refractivity (Wildman–Crippen MR) is 86.3 cm³/mol. The van der Waals surface area contributed by atoms with Gasteiger partial charge in [0.2, 0.25) is 10.0 Å². The Hall–Kier alpha value is -0.400. The third kappa shape index (κ3) is 2.87. The molecular formula is C14H19Cl2FN2O2S. The average Bonchev–Trinajstić information content (AvgIpc) is 2.97. The fourth-order valence-electron chi connectivity index (χ4n) is 3.43. The van der Waals surface area contributed by atoms with E-state index in [-0.39, 0.29) is 39.8 Å². The van der Waals surface area contributed by atoms with Crippen LogP contribution < -0.4 is 5.73 Å². The van der Waals surface area contributed by atoms with E-state index in [1.54, 1.807) is 0 Å². The summed E-state index contributed by atoms with van der Waals surface area (Å²) in [6.07, 6.45) is 1.92. The maximum atomic E-state index is 13.5. The zero-order chi connectivity index (χ0) is 15.4. The Morgan fingerprint density at radius 2 is 2.00 bits per heavy atom. The molecule has 0 radical (unpaired) electrons. The van der Waals surface area contributed by atoms with Gasteiger partial charge in [-0.2, -0.15) is 4.31 Å². The van der Waals surface area contributed by atoms with Crippen molar-refractivity contribution in [3.05, 3.63) is 28.5 Å². The summed E-state index contributed by atoms with van der Waals surface area (Å²) < 4.78 is 40.4. The van der Waals surface area contributed by atoms with Gasteiger partial charge in [-0.15, -0.1) is 12.4 Å². The molecule has 3 atom stereocenters. The van der Waals surface area contributed by atoms with Gasteiger partial charge in [-0.3, -0.25) is 0 Å². The van der Waals surface area contributed by atoms with Crippen molar-refractivity contribution in [2.45, 2.75) is 30.7 Å². The summed E-state index contributed by atoms with van der Waals surface area (Å²) in [5.74, 6) is 0.0504. The monoisotopic (exact) mass is 368 g/mol. The van der Waals surface area contributed by atoms with Crippen molar-refractivity contribution in [2.24, 2.45) is 17.6 Å². The van der Waals surface area contributed by atoms with Crippen molar-refractivity contribution >= 4 is 34.0 Å². The molecule has 1 aromatic carbocycles. The van der Waals surface area contributed by atoms with E-state index in [9.17, 15) is 12.8 Å². The third-order valence-corrected chi connectivity index (χ3v) is 7.01. The first-order chi connectivity index (χ1) is 9.80. The Labute approximate surface area is 141 Å². The van der Waals surface area contributed by atoms with Crippen LogP contribution in [0.3, 0.4) is 0 Å². The molecule has 1 saturated heterocycles. The van der Waals surface area contributed by atoms with Crippen molar-refractivity contribution in [2.75, 3.05) is 13.1 Å². The second-order valence-electron chi connectivity index (χ2n) is 6.02. The van der Waals surface area contributed by atoms with Crippen molar-refractivity contribution in [3.8, 4) is 0 Å². The van der Waals surface area contributed by atoms with Gasteiger partial charge in [-0.1, -0.05) is 11.6 Å². The lowest BCUT2D eigenvalue weighted by molar-refractivity contribution is 0.427. The van der Waals surface area contributed by atoms with Gasteiger partial charge in [-0.05, 0) is 49.3 Å². The van der Waals surface area contributed by atoms with E-state index in [1.165, 1.54) is 17.3 Å². The number of hydrogen-bond donors (Lipinski definition) is 1. The highest BCUT2D eigenvalue weighted by molar-refractivity contribution is 7.89. The SMILES string of the molecule is Cc1cc(S(=O)(=O)N2CC3CCC(N)C3C2)c(Cl)cc1F.Cl. The molecule has 1 aliphatic carbocycles. The van der Waals surface area contributed by atoms with E-state index in [0.29, 0.717) is 19.0 Å². The first-order valence-electron chi connectivity index (χ1n) is 7.02. The number of halogens is 3. The number of aryl methyl sites for hydroxylation is 1. The van der Waals surface area contributed by atoms with Gasteiger partial charge in [-0.25, -0.2) is 12.8 Å². The summed E-state index contributed by atoms with van der Waals surface area (Å²) in [6.45, 7) is 2.44. The lowest BCUT2D eigenvalue weighted by Gasteiger charge is -2.19. The normalized spacial score (nSPS) is 28.5. The largest absolute Gasteiger partial charge is 0.327 e. The smallest absolute Gasteiger partial charge is 0.244 e. The number of fused-ring (bicyclic) bond motifs is 1. The standard InChI is InChI=1S/C14H18ClFN2O2S.ClH/c1-8-4-14(11(15)5-12(8)16)21(19,20)18-6-9-2-3-13(17)10(9)7-18;/h4-5,9-10,13H,2-3,6-7,17H2,1H3;1H. The molecule has 2 fully saturated rings. The van der Waals surface area contributed by atoms with Gasteiger partial charge in [0, 0.05) is 19.1 Å². The Bertz CT molecular complexity index is 684. The molecule has 124 valence electrons. The second-order valence-corrected chi connectivity index (χ2v) is 8.33. The van der Waals surface area contributed by atoms with E-state index in [4.69, 9.17) is 17.3 Å². The molecule has 2 N–H and O–H groups in total. The topological polar surface area (TPSA) is 63.4 Å². The number of nitrogens with zero attached hydrogens (tertiary/aromatic N) is 1. The summed E-state index contributed by atoms with van der Waals surface area (Å²) >= 11 is 5.94. The van der Waals surface area contributed by atoms with Crippen LogP contribution in [0.4, 0.5) is 4.39 Å². The first-order valence-corrected chi connectivity index (χ1v) is 8.84.